The third-order valence-corrected chi connectivity index (χ3v) is 4.21. The molecule has 0 unspecified atom stereocenters. The zero-order valence-electron chi connectivity index (χ0n) is 11.5. The van der Waals surface area contributed by atoms with Gasteiger partial charge in [-0.25, -0.2) is 13.4 Å². The smallest absolute Gasteiger partial charge is 0.263 e. The minimum atomic E-state index is -3.70. The quantitative estimate of drug-likeness (QED) is 0.841. The molecule has 1 heterocycles. The van der Waals surface area contributed by atoms with Crippen LogP contribution in [0, 0.1) is 18.8 Å². The second kappa shape index (κ2) is 6.39. The highest BCUT2D eigenvalue weighted by molar-refractivity contribution is 7.92. The average molecular weight is 301 g/mol. The van der Waals surface area contributed by atoms with Gasteiger partial charge in [-0.15, -0.1) is 0 Å². The Morgan fingerprint density at radius 3 is 2.76 bits per heavy atom. The highest BCUT2D eigenvalue weighted by Crippen LogP contribution is 2.19. The lowest BCUT2D eigenvalue weighted by Crippen LogP contribution is -2.15. The van der Waals surface area contributed by atoms with Gasteiger partial charge in [0, 0.05) is 11.8 Å². The number of rotatable bonds is 3. The summed E-state index contributed by atoms with van der Waals surface area (Å²) in [6, 6.07) is 10.0. The van der Waals surface area contributed by atoms with Crippen molar-refractivity contribution in [2.75, 3.05) is 11.3 Å². The normalized spacial score (nSPS) is 10.6. The summed E-state index contributed by atoms with van der Waals surface area (Å²) >= 11 is 0. The van der Waals surface area contributed by atoms with Gasteiger partial charge >= 0.3 is 0 Å². The third kappa shape index (κ3) is 3.81. The number of anilines is 1. The molecule has 21 heavy (non-hydrogen) atoms. The Labute approximate surface area is 124 Å². The molecular formula is C15H15N3O2S. The van der Waals surface area contributed by atoms with Crippen LogP contribution in [0.3, 0.4) is 0 Å². The highest BCUT2D eigenvalue weighted by atomic mass is 32.2. The van der Waals surface area contributed by atoms with E-state index >= 15 is 0 Å². The summed E-state index contributed by atoms with van der Waals surface area (Å²) in [5, 5.41) is 0. The van der Waals surface area contributed by atoms with E-state index in [1.54, 1.807) is 37.3 Å². The van der Waals surface area contributed by atoms with Crippen LogP contribution in [0.1, 0.15) is 11.1 Å². The number of nitrogens with two attached hydrogens (primary N) is 1. The molecule has 0 spiro atoms. The minimum absolute atomic E-state index is 0.178. The van der Waals surface area contributed by atoms with Crippen LogP contribution in [0.15, 0.2) is 47.5 Å². The summed E-state index contributed by atoms with van der Waals surface area (Å²) in [4.78, 5) is 4.13. The Morgan fingerprint density at radius 2 is 2.10 bits per heavy atom. The first-order valence-electron chi connectivity index (χ1n) is 6.26. The van der Waals surface area contributed by atoms with Crippen molar-refractivity contribution in [1.29, 1.82) is 0 Å². The maximum Gasteiger partial charge on any atom is 0.263 e. The van der Waals surface area contributed by atoms with Crippen LogP contribution >= 0.6 is 0 Å². The molecule has 0 amide bonds. The molecule has 6 heteroatoms. The SMILES string of the molecule is Cc1ccc(C#CCN)cc1S(=O)(=O)Nc1ccccn1. The van der Waals surface area contributed by atoms with E-state index in [2.05, 4.69) is 21.5 Å². The van der Waals surface area contributed by atoms with E-state index < -0.39 is 10.0 Å². The maximum atomic E-state index is 12.4. The van der Waals surface area contributed by atoms with Crippen molar-refractivity contribution in [3.8, 4) is 11.8 Å². The standard InChI is InChI=1S/C15H15N3O2S/c1-12-7-8-13(5-4-9-16)11-14(12)21(19,20)18-15-6-2-3-10-17-15/h2-3,6-8,10-11H,9,16H2,1H3,(H,17,18). The number of aryl methyl sites for hydroxylation is 1. The van der Waals surface area contributed by atoms with Gasteiger partial charge in [0.1, 0.15) is 5.82 Å². The van der Waals surface area contributed by atoms with Crippen LogP contribution in [0.4, 0.5) is 5.82 Å². The average Bonchev–Trinajstić information content (AvgIpc) is 2.47. The fraction of sp³-hybridized carbons (Fsp3) is 0.133. The predicted octanol–water partition coefficient (Wildman–Crippen LogP) is 1.50. The summed E-state index contributed by atoms with van der Waals surface area (Å²) in [5.41, 5.74) is 6.56. The molecule has 0 aliphatic rings. The van der Waals surface area contributed by atoms with Crippen molar-refractivity contribution in [2.24, 2.45) is 5.73 Å². The summed E-state index contributed by atoms with van der Waals surface area (Å²) in [6.45, 7) is 1.95. The first-order chi connectivity index (χ1) is 10.0. The molecule has 0 aliphatic heterocycles. The summed E-state index contributed by atoms with van der Waals surface area (Å²) in [6.07, 6.45) is 1.52. The predicted molar refractivity (Wildman–Crippen MR) is 82.2 cm³/mol. The van der Waals surface area contributed by atoms with Crippen molar-refractivity contribution < 1.29 is 8.42 Å². The second-order valence-corrected chi connectivity index (χ2v) is 5.96. The lowest BCUT2D eigenvalue weighted by Gasteiger charge is -2.10. The molecular weight excluding hydrogens is 286 g/mol. The first-order valence-corrected chi connectivity index (χ1v) is 7.75. The zero-order chi connectivity index (χ0) is 15.3. The largest absolute Gasteiger partial charge is 0.320 e. The summed E-state index contributed by atoms with van der Waals surface area (Å²) in [5.74, 6) is 5.80. The van der Waals surface area contributed by atoms with Crippen molar-refractivity contribution in [3.63, 3.8) is 0 Å². The van der Waals surface area contributed by atoms with E-state index in [4.69, 9.17) is 5.73 Å². The molecule has 0 saturated carbocycles. The van der Waals surface area contributed by atoms with Crippen molar-refractivity contribution in [1.82, 2.24) is 4.98 Å². The number of aromatic nitrogens is 1. The van der Waals surface area contributed by atoms with E-state index in [9.17, 15) is 8.42 Å². The van der Waals surface area contributed by atoms with E-state index in [0.717, 1.165) is 0 Å². The fourth-order valence-electron chi connectivity index (χ4n) is 1.74. The Hall–Kier alpha value is -2.36. The number of nitrogens with zero attached hydrogens (tertiary/aromatic N) is 1. The van der Waals surface area contributed by atoms with Gasteiger partial charge < -0.3 is 5.73 Å². The van der Waals surface area contributed by atoms with E-state index in [1.807, 2.05) is 0 Å². The van der Waals surface area contributed by atoms with Gasteiger partial charge in [-0.3, -0.25) is 4.72 Å². The topological polar surface area (TPSA) is 85.1 Å². The molecule has 0 saturated heterocycles. The van der Waals surface area contributed by atoms with Crippen LogP contribution in [0.25, 0.3) is 0 Å². The van der Waals surface area contributed by atoms with Crippen molar-refractivity contribution in [3.05, 3.63) is 53.7 Å². The van der Waals surface area contributed by atoms with Gasteiger partial charge in [0.15, 0.2) is 0 Å². The Balaban J connectivity index is 2.39. The number of benzene rings is 1. The molecule has 2 rings (SSSR count). The van der Waals surface area contributed by atoms with Gasteiger partial charge in [-0.1, -0.05) is 24.0 Å². The molecule has 0 fully saturated rings. The van der Waals surface area contributed by atoms with Gasteiger partial charge in [0.25, 0.3) is 10.0 Å². The van der Waals surface area contributed by atoms with Crippen molar-refractivity contribution >= 4 is 15.8 Å². The number of hydrogen-bond acceptors (Lipinski definition) is 4. The molecule has 1 aromatic heterocycles. The monoisotopic (exact) mass is 301 g/mol. The number of pyridine rings is 1. The molecule has 0 bridgehead atoms. The highest BCUT2D eigenvalue weighted by Gasteiger charge is 2.17. The zero-order valence-corrected chi connectivity index (χ0v) is 12.3. The lowest BCUT2D eigenvalue weighted by molar-refractivity contribution is 0.600. The molecule has 2 aromatic rings. The van der Waals surface area contributed by atoms with Gasteiger partial charge in [0.05, 0.1) is 11.4 Å². The Bertz CT molecular complexity index is 791. The van der Waals surface area contributed by atoms with Gasteiger partial charge in [-0.2, -0.15) is 0 Å². The maximum absolute atomic E-state index is 12.4. The Kier molecular flexibility index (Phi) is 4.58. The number of sulfonamides is 1. The van der Waals surface area contributed by atoms with Crippen LogP contribution in [-0.4, -0.2) is 19.9 Å². The molecule has 1 aromatic carbocycles. The third-order valence-electron chi connectivity index (χ3n) is 2.72. The fourth-order valence-corrected chi connectivity index (χ4v) is 3.02. The van der Waals surface area contributed by atoms with E-state index in [-0.39, 0.29) is 17.3 Å². The van der Waals surface area contributed by atoms with Crippen molar-refractivity contribution in [2.45, 2.75) is 11.8 Å². The van der Waals surface area contributed by atoms with Crippen LogP contribution < -0.4 is 10.5 Å². The summed E-state index contributed by atoms with van der Waals surface area (Å²) < 4.78 is 27.3. The molecule has 0 radical (unpaired) electrons. The van der Waals surface area contributed by atoms with Crippen LogP contribution in [0.5, 0.6) is 0 Å². The molecule has 0 aliphatic carbocycles. The van der Waals surface area contributed by atoms with E-state index in [0.29, 0.717) is 11.1 Å². The van der Waals surface area contributed by atoms with Gasteiger partial charge in [0.2, 0.25) is 0 Å². The number of hydrogen-bond donors (Lipinski definition) is 2. The summed E-state index contributed by atoms with van der Waals surface area (Å²) in [7, 11) is -3.70. The van der Waals surface area contributed by atoms with Gasteiger partial charge in [-0.05, 0) is 36.8 Å². The molecule has 5 nitrogen and oxygen atoms in total. The molecule has 108 valence electrons. The number of nitrogens with one attached hydrogen (secondary N) is 1. The first kappa shape index (κ1) is 15.0. The van der Waals surface area contributed by atoms with E-state index in [1.165, 1.54) is 12.3 Å². The Morgan fingerprint density at radius 1 is 1.29 bits per heavy atom. The van der Waals surface area contributed by atoms with Crippen LogP contribution in [0.2, 0.25) is 0 Å². The molecule has 0 atom stereocenters. The minimum Gasteiger partial charge on any atom is -0.320 e. The lowest BCUT2D eigenvalue weighted by atomic mass is 10.1. The second-order valence-electron chi connectivity index (χ2n) is 4.31. The molecule has 3 N–H and O–H groups in total. The van der Waals surface area contributed by atoms with Crippen LogP contribution in [-0.2, 0) is 10.0 Å².